The van der Waals surface area contributed by atoms with E-state index in [9.17, 15) is 4.39 Å². The number of fused-ring (bicyclic) bond motifs is 2. The average Bonchev–Trinajstić information content (AvgIpc) is 3.61. The standard InChI is InChI=1S/C34H25FN6/c1-21(12-22-6-3-2-4-7-22)38-27-14-25(17-36-18-27)23-10-11-31-29(15-23)34(41-40-31)32-16-28-30(19-37-20-33(28)39-32)24-8-5-9-26(35)13-24/h2-11,13-20,38-39H,1,12H2,(H,40,41). The molecule has 7 heteroatoms. The van der Waals surface area contributed by atoms with Gasteiger partial charge in [0.05, 0.1) is 34.8 Å². The number of nitrogens with zero attached hydrogens (tertiary/aromatic N) is 3. The summed E-state index contributed by atoms with van der Waals surface area (Å²) in [6.07, 6.45) is 7.92. The second-order valence-electron chi connectivity index (χ2n) is 10.0. The number of H-pyrrole nitrogens is 2. The van der Waals surface area contributed by atoms with Crippen LogP contribution in [0.5, 0.6) is 0 Å². The van der Waals surface area contributed by atoms with Crippen LogP contribution in [-0.2, 0) is 6.42 Å². The molecule has 0 aliphatic rings. The van der Waals surface area contributed by atoms with Crippen molar-refractivity contribution in [2.24, 2.45) is 0 Å². The zero-order valence-corrected chi connectivity index (χ0v) is 22.0. The van der Waals surface area contributed by atoms with Gasteiger partial charge < -0.3 is 10.3 Å². The van der Waals surface area contributed by atoms with E-state index in [1.54, 1.807) is 24.7 Å². The van der Waals surface area contributed by atoms with Crippen molar-refractivity contribution in [2.45, 2.75) is 6.42 Å². The van der Waals surface area contributed by atoms with E-state index in [4.69, 9.17) is 0 Å². The van der Waals surface area contributed by atoms with Crippen molar-refractivity contribution in [3.63, 3.8) is 0 Å². The largest absolute Gasteiger partial charge is 0.358 e. The Morgan fingerprint density at radius 2 is 1.63 bits per heavy atom. The van der Waals surface area contributed by atoms with Crippen LogP contribution in [0.15, 0.2) is 122 Å². The van der Waals surface area contributed by atoms with Gasteiger partial charge in [0.15, 0.2) is 0 Å². The van der Waals surface area contributed by atoms with Crippen LogP contribution in [0.2, 0.25) is 0 Å². The molecular formula is C34H25FN6. The lowest BCUT2D eigenvalue weighted by atomic mass is 10.0. The highest BCUT2D eigenvalue weighted by Crippen LogP contribution is 2.35. The Bertz CT molecular complexity index is 2040. The molecule has 3 aromatic carbocycles. The zero-order chi connectivity index (χ0) is 27.8. The lowest BCUT2D eigenvalue weighted by Gasteiger charge is -2.11. The van der Waals surface area contributed by atoms with E-state index >= 15 is 0 Å². The van der Waals surface area contributed by atoms with Crippen molar-refractivity contribution in [1.29, 1.82) is 0 Å². The fourth-order valence-electron chi connectivity index (χ4n) is 5.22. The maximum atomic E-state index is 14.0. The number of benzene rings is 3. The smallest absolute Gasteiger partial charge is 0.123 e. The summed E-state index contributed by atoms with van der Waals surface area (Å²) in [5, 5.41) is 13.1. The van der Waals surface area contributed by atoms with E-state index in [0.717, 1.165) is 73.3 Å². The van der Waals surface area contributed by atoms with Crippen LogP contribution < -0.4 is 5.32 Å². The first-order chi connectivity index (χ1) is 20.1. The zero-order valence-electron chi connectivity index (χ0n) is 22.0. The third kappa shape index (κ3) is 4.85. The van der Waals surface area contributed by atoms with Crippen LogP contribution in [0.4, 0.5) is 10.1 Å². The molecule has 6 nitrogen and oxygen atoms in total. The number of pyridine rings is 2. The number of rotatable bonds is 7. The number of hydrogen-bond acceptors (Lipinski definition) is 4. The molecule has 4 heterocycles. The number of anilines is 1. The second-order valence-corrected chi connectivity index (χ2v) is 10.0. The second kappa shape index (κ2) is 10.2. The Morgan fingerprint density at radius 3 is 2.51 bits per heavy atom. The lowest BCUT2D eigenvalue weighted by Crippen LogP contribution is -2.02. The number of aromatic nitrogens is 5. The Balaban J connectivity index is 1.21. The maximum Gasteiger partial charge on any atom is 0.123 e. The molecule has 41 heavy (non-hydrogen) atoms. The molecule has 0 aliphatic heterocycles. The molecule has 0 radical (unpaired) electrons. The third-order valence-electron chi connectivity index (χ3n) is 7.15. The molecule has 0 amide bonds. The summed E-state index contributed by atoms with van der Waals surface area (Å²) in [6.45, 7) is 4.20. The molecule has 0 saturated heterocycles. The van der Waals surface area contributed by atoms with E-state index in [1.807, 2.05) is 42.6 Å². The van der Waals surface area contributed by atoms with E-state index in [2.05, 4.69) is 67.4 Å². The van der Waals surface area contributed by atoms with Gasteiger partial charge in [0.25, 0.3) is 0 Å². The van der Waals surface area contributed by atoms with Gasteiger partial charge in [0.1, 0.15) is 11.5 Å². The van der Waals surface area contributed by atoms with Gasteiger partial charge in [-0.15, -0.1) is 0 Å². The SMILES string of the molecule is C=C(Cc1ccccc1)Nc1cncc(-c2ccc3[nH]nc(-c4cc5c(-c6cccc(F)c6)cncc5[nH]4)c3c2)c1. The molecular weight excluding hydrogens is 511 g/mol. The molecule has 0 spiro atoms. The molecule has 0 aliphatic carbocycles. The molecule has 7 rings (SSSR count). The maximum absolute atomic E-state index is 14.0. The summed E-state index contributed by atoms with van der Waals surface area (Å²) in [5.74, 6) is -0.282. The summed E-state index contributed by atoms with van der Waals surface area (Å²) in [7, 11) is 0. The van der Waals surface area contributed by atoms with E-state index in [0.29, 0.717) is 0 Å². The first-order valence-corrected chi connectivity index (χ1v) is 13.3. The highest BCUT2D eigenvalue weighted by atomic mass is 19.1. The Hall–Kier alpha value is -5.56. The van der Waals surface area contributed by atoms with Gasteiger partial charge in [-0.2, -0.15) is 5.10 Å². The van der Waals surface area contributed by atoms with Gasteiger partial charge in [-0.25, -0.2) is 4.39 Å². The molecule has 7 aromatic rings. The number of halogens is 1. The van der Waals surface area contributed by atoms with Crippen molar-refractivity contribution < 1.29 is 4.39 Å². The van der Waals surface area contributed by atoms with Gasteiger partial charge >= 0.3 is 0 Å². The van der Waals surface area contributed by atoms with Crippen molar-refractivity contribution in [3.05, 3.63) is 133 Å². The Kier molecular flexibility index (Phi) is 6.09. The Labute approximate surface area is 235 Å². The molecule has 0 fully saturated rings. The van der Waals surface area contributed by atoms with Gasteiger partial charge in [-0.05, 0) is 53.1 Å². The molecule has 0 saturated carbocycles. The van der Waals surface area contributed by atoms with Gasteiger partial charge in [0, 0.05) is 46.4 Å². The van der Waals surface area contributed by atoms with Crippen molar-refractivity contribution >= 4 is 27.5 Å². The minimum atomic E-state index is -0.282. The molecule has 4 aromatic heterocycles. The van der Waals surface area contributed by atoms with E-state index < -0.39 is 0 Å². The molecule has 0 atom stereocenters. The predicted molar refractivity (Wildman–Crippen MR) is 163 cm³/mol. The number of hydrogen-bond donors (Lipinski definition) is 3. The highest BCUT2D eigenvalue weighted by Gasteiger charge is 2.15. The minimum Gasteiger partial charge on any atom is -0.358 e. The van der Waals surface area contributed by atoms with Gasteiger partial charge in [-0.3, -0.25) is 15.1 Å². The molecule has 0 unspecified atom stereocenters. The fourth-order valence-corrected chi connectivity index (χ4v) is 5.22. The van der Waals surface area contributed by atoms with E-state index in [-0.39, 0.29) is 5.82 Å². The van der Waals surface area contributed by atoms with Crippen molar-refractivity contribution in [2.75, 3.05) is 5.32 Å². The first kappa shape index (κ1) is 24.5. The number of allylic oxidation sites excluding steroid dienone is 1. The van der Waals surface area contributed by atoms with Crippen LogP contribution in [0, 0.1) is 5.82 Å². The van der Waals surface area contributed by atoms with Gasteiger partial charge in [0.2, 0.25) is 0 Å². The summed E-state index contributed by atoms with van der Waals surface area (Å²) >= 11 is 0. The summed E-state index contributed by atoms with van der Waals surface area (Å²) in [6, 6.07) is 27.1. The lowest BCUT2D eigenvalue weighted by molar-refractivity contribution is 0.628. The fraction of sp³-hybridized carbons (Fsp3) is 0.0294. The molecule has 0 bridgehead atoms. The number of nitrogens with one attached hydrogen (secondary N) is 3. The summed E-state index contributed by atoms with van der Waals surface area (Å²) in [4.78, 5) is 12.3. The molecule has 198 valence electrons. The van der Waals surface area contributed by atoms with Crippen molar-refractivity contribution in [3.8, 4) is 33.6 Å². The quantitative estimate of drug-likeness (QED) is 0.192. The molecule has 3 N–H and O–H groups in total. The van der Waals surface area contributed by atoms with Crippen molar-refractivity contribution in [1.82, 2.24) is 25.1 Å². The highest BCUT2D eigenvalue weighted by molar-refractivity contribution is 6.01. The Morgan fingerprint density at radius 1 is 0.756 bits per heavy atom. The minimum absolute atomic E-state index is 0.282. The topological polar surface area (TPSA) is 82.3 Å². The van der Waals surface area contributed by atoms with Gasteiger partial charge in [-0.1, -0.05) is 55.1 Å². The normalized spacial score (nSPS) is 11.2. The summed E-state index contributed by atoms with van der Waals surface area (Å²) in [5.41, 5.74) is 10.0. The van der Waals surface area contributed by atoms with Crippen LogP contribution in [0.1, 0.15) is 5.56 Å². The third-order valence-corrected chi connectivity index (χ3v) is 7.15. The predicted octanol–water partition coefficient (Wildman–Crippen LogP) is 8.14. The number of aromatic amines is 2. The first-order valence-electron chi connectivity index (χ1n) is 13.3. The van der Waals surface area contributed by atoms with E-state index in [1.165, 1.54) is 17.7 Å². The van der Waals surface area contributed by atoms with Crippen LogP contribution >= 0.6 is 0 Å². The average molecular weight is 537 g/mol. The van der Waals surface area contributed by atoms with Crippen LogP contribution in [-0.4, -0.2) is 25.1 Å². The monoisotopic (exact) mass is 536 g/mol. The summed E-state index contributed by atoms with van der Waals surface area (Å²) < 4.78 is 14.0. The van der Waals surface area contributed by atoms with Crippen LogP contribution in [0.3, 0.4) is 0 Å². The van der Waals surface area contributed by atoms with Crippen LogP contribution in [0.25, 0.3) is 55.4 Å².